The summed E-state index contributed by atoms with van der Waals surface area (Å²) in [4.78, 5) is 4.39. The van der Waals surface area contributed by atoms with Gasteiger partial charge in [-0.25, -0.2) is 4.98 Å². The summed E-state index contributed by atoms with van der Waals surface area (Å²) in [6.07, 6.45) is 14.9. The molecule has 116 valence electrons. The Morgan fingerprint density at radius 3 is 2.35 bits per heavy atom. The van der Waals surface area contributed by atoms with Crippen molar-refractivity contribution in [2.24, 2.45) is 5.92 Å². The maximum Gasteiger partial charge on any atom is 0.202 e. The molecular formula is C17H33N3. The maximum absolute atomic E-state index is 4.39. The Labute approximate surface area is 125 Å². The first-order valence-electron chi connectivity index (χ1n) is 8.49. The van der Waals surface area contributed by atoms with Gasteiger partial charge in [-0.15, -0.1) is 0 Å². The predicted octanol–water partition coefficient (Wildman–Crippen LogP) is 5.09. The quantitative estimate of drug-likeness (QED) is 0.540. The second kappa shape index (κ2) is 10.8. The van der Waals surface area contributed by atoms with E-state index in [-0.39, 0.29) is 0 Å². The van der Waals surface area contributed by atoms with Crippen LogP contribution >= 0.6 is 0 Å². The molecule has 0 bridgehead atoms. The zero-order chi connectivity index (χ0) is 14.6. The monoisotopic (exact) mass is 279 g/mol. The number of anilines is 1. The van der Waals surface area contributed by atoms with E-state index in [0.29, 0.717) is 5.92 Å². The van der Waals surface area contributed by atoms with Crippen molar-refractivity contribution in [1.82, 2.24) is 9.55 Å². The highest BCUT2D eigenvalue weighted by molar-refractivity contribution is 5.25. The lowest BCUT2D eigenvalue weighted by Gasteiger charge is -2.11. The molecule has 3 heteroatoms. The fourth-order valence-electron chi connectivity index (χ4n) is 2.48. The van der Waals surface area contributed by atoms with E-state index >= 15 is 0 Å². The van der Waals surface area contributed by atoms with Gasteiger partial charge in [-0.05, 0) is 12.3 Å². The first kappa shape index (κ1) is 17.1. The van der Waals surface area contributed by atoms with Crippen LogP contribution in [-0.2, 0) is 6.54 Å². The molecule has 0 fully saturated rings. The third-order valence-electron chi connectivity index (χ3n) is 3.59. The van der Waals surface area contributed by atoms with Crippen molar-refractivity contribution in [3.8, 4) is 0 Å². The topological polar surface area (TPSA) is 29.9 Å². The van der Waals surface area contributed by atoms with Gasteiger partial charge in [0.1, 0.15) is 0 Å². The summed E-state index contributed by atoms with van der Waals surface area (Å²) < 4.78 is 2.22. The number of nitrogens with zero attached hydrogens (tertiary/aromatic N) is 2. The molecule has 1 rings (SSSR count). The summed E-state index contributed by atoms with van der Waals surface area (Å²) in [6.45, 7) is 8.84. The van der Waals surface area contributed by atoms with Gasteiger partial charge < -0.3 is 9.88 Å². The molecule has 0 spiro atoms. The molecule has 0 aromatic carbocycles. The fraction of sp³-hybridized carbons (Fsp3) is 0.824. The fourth-order valence-corrected chi connectivity index (χ4v) is 2.48. The Morgan fingerprint density at radius 1 is 1.05 bits per heavy atom. The van der Waals surface area contributed by atoms with E-state index in [1.165, 1.54) is 51.4 Å². The van der Waals surface area contributed by atoms with Crippen molar-refractivity contribution >= 4 is 5.95 Å². The zero-order valence-electron chi connectivity index (χ0n) is 13.7. The van der Waals surface area contributed by atoms with Gasteiger partial charge >= 0.3 is 0 Å². The van der Waals surface area contributed by atoms with Crippen LogP contribution in [0.15, 0.2) is 12.4 Å². The molecule has 0 unspecified atom stereocenters. The van der Waals surface area contributed by atoms with E-state index in [1.807, 2.05) is 6.20 Å². The highest BCUT2D eigenvalue weighted by Gasteiger charge is 2.03. The van der Waals surface area contributed by atoms with Crippen LogP contribution < -0.4 is 5.32 Å². The molecule has 1 heterocycles. The zero-order valence-corrected chi connectivity index (χ0v) is 13.7. The molecule has 0 aliphatic rings. The van der Waals surface area contributed by atoms with E-state index in [1.54, 1.807) is 0 Å². The molecule has 0 amide bonds. The molecule has 0 atom stereocenters. The minimum atomic E-state index is 0.660. The van der Waals surface area contributed by atoms with Gasteiger partial charge in [0.15, 0.2) is 0 Å². The van der Waals surface area contributed by atoms with Crippen LogP contribution in [0.3, 0.4) is 0 Å². The van der Waals surface area contributed by atoms with Crippen LogP contribution in [-0.4, -0.2) is 16.1 Å². The minimum Gasteiger partial charge on any atom is -0.356 e. The Kier molecular flexibility index (Phi) is 9.18. The van der Waals surface area contributed by atoms with Gasteiger partial charge in [-0.3, -0.25) is 0 Å². The van der Waals surface area contributed by atoms with Crippen LogP contribution in [0.5, 0.6) is 0 Å². The maximum atomic E-state index is 4.39. The second-order valence-corrected chi connectivity index (χ2v) is 6.20. The predicted molar refractivity (Wildman–Crippen MR) is 88.2 cm³/mol. The van der Waals surface area contributed by atoms with Crippen LogP contribution in [0.2, 0.25) is 0 Å². The van der Waals surface area contributed by atoms with Gasteiger partial charge in [0.05, 0.1) is 0 Å². The largest absolute Gasteiger partial charge is 0.356 e. The summed E-state index contributed by atoms with van der Waals surface area (Å²) >= 11 is 0. The Hall–Kier alpha value is -0.990. The van der Waals surface area contributed by atoms with Crippen molar-refractivity contribution in [1.29, 1.82) is 0 Å². The standard InChI is InChI=1S/C17H33N3/c1-4-5-6-7-8-9-10-11-12-18-17-19-13-14-20(17)15-16(2)3/h13-14,16H,4-12,15H2,1-3H3,(H,18,19). The van der Waals surface area contributed by atoms with Crippen molar-refractivity contribution in [2.45, 2.75) is 78.7 Å². The molecular weight excluding hydrogens is 246 g/mol. The normalized spacial score (nSPS) is 11.2. The first-order valence-corrected chi connectivity index (χ1v) is 8.49. The van der Waals surface area contributed by atoms with E-state index in [4.69, 9.17) is 0 Å². The number of unbranched alkanes of at least 4 members (excludes halogenated alkanes) is 7. The highest BCUT2D eigenvalue weighted by Crippen LogP contribution is 2.10. The summed E-state index contributed by atoms with van der Waals surface area (Å²) in [5, 5.41) is 3.46. The second-order valence-electron chi connectivity index (χ2n) is 6.20. The molecule has 20 heavy (non-hydrogen) atoms. The molecule has 0 aliphatic carbocycles. The Balaban J connectivity index is 2.02. The van der Waals surface area contributed by atoms with E-state index < -0.39 is 0 Å². The number of nitrogens with one attached hydrogen (secondary N) is 1. The smallest absolute Gasteiger partial charge is 0.202 e. The summed E-state index contributed by atoms with van der Waals surface area (Å²) in [5.41, 5.74) is 0. The van der Waals surface area contributed by atoms with Crippen molar-refractivity contribution in [3.63, 3.8) is 0 Å². The molecule has 0 radical (unpaired) electrons. The number of hydrogen-bond donors (Lipinski definition) is 1. The molecule has 0 aliphatic heterocycles. The van der Waals surface area contributed by atoms with Crippen molar-refractivity contribution in [2.75, 3.05) is 11.9 Å². The summed E-state index contributed by atoms with van der Waals surface area (Å²) in [6, 6.07) is 0. The third kappa shape index (κ3) is 7.56. The van der Waals surface area contributed by atoms with E-state index in [9.17, 15) is 0 Å². The minimum absolute atomic E-state index is 0.660. The molecule has 1 aromatic rings. The summed E-state index contributed by atoms with van der Waals surface area (Å²) in [5.74, 6) is 1.69. The van der Waals surface area contributed by atoms with Gasteiger partial charge in [0.25, 0.3) is 0 Å². The van der Waals surface area contributed by atoms with Gasteiger partial charge in [0, 0.05) is 25.5 Å². The number of aromatic nitrogens is 2. The molecule has 0 saturated carbocycles. The molecule has 1 aromatic heterocycles. The van der Waals surface area contributed by atoms with Crippen LogP contribution in [0, 0.1) is 5.92 Å². The number of rotatable bonds is 12. The lowest BCUT2D eigenvalue weighted by atomic mass is 10.1. The van der Waals surface area contributed by atoms with E-state index in [2.05, 4.69) is 41.8 Å². The SMILES string of the molecule is CCCCCCCCCCNc1nccn1CC(C)C. The van der Waals surface area contributed by atoms with Crippen LogP contribution in [0.25, 0.3) is 0 Å². The van der Waals surface area contributed by atoms with Gasteiger partial charge in [-0.2, -0.15) is 0 Å². The van der Waals surface area contributed by atoms with Gasteiger partial charge in [-0.1, -0.05) is 65.7 Å². The van der Waals surface area contributed by atoms with Crippen molar-refractivity contribution < 1.29 is 0 Å². The summed E-state index contributed by atoms with van der Waals surface area (Å²) in [7, 11) is 0. The average Bonchev–Trinajstić information content (AvgIpc) is 2.83. The van der Waals surface area contributed by atoms with Crippen LogP contribution in [0.1, 0.15) is 72.1 Å². The lowest BCUT2D eigenvalue weighted by Crippen LogP contribution is -2.11. The highest BCUT2D eigenvalue weighted by atomic mass is 15.2. The Morgan fingerprint density at radius 2 is 1.70 bits per heavy atom. The lowest BCUT2D eigenvalue weighted by molar-refractivity contribution is 0.525. The Bertz CT molecular complexity index is 331. The number of hydrogen-bond acceptors (Lipinski definition) is 2. The van der Waals surface area contributed by atoms with Gasteiger partial charge in [0.2, 0.25) is 5.95 Å². The molecule has 3 nitrogen and oxygen atoms in total. The average molecular weight is 279 g/mol. The van der Waals surface area contributed by atoms with Crippen molar-refractivity contribution in [3.05, 3.63) is 12.4 Å². The third-order valence-corrected chi connectivity index (χ3v) is 3.59. The first-order chi connectivity index (χ1) is 9.74. The molecule has 1 N–H and O–H groups in total. The number of imidazole rings is 1. The molecule has 0 saturated heterocycles. The van der Waals surface area contributed by atoms with Crippen LogP contribution in [0.4, 0.5) is 5.95 Å². The van der Waals surface area contributed by atoms with E-state index in [0.717, 1.165) is 19.0 Å².